The third-order valence-corrected chi connectivity index (χ3v) is 6.19. The van der Waals surface area contributed by atoms with Crippen molar-refractivity contribution < 1.29 is 13.2 Å². The standard InChI is InChI=1S/C17H16Cl2N2O3S/c18-14-5-2-6-15(16(14)19)25(23,24)20-10-11-3-1-4-13(9-11)21-17(22)12-7-8-12/h1-6,9,12,20H,7-8,10H2,(H,21,22). The van der Waals surface area contributed by atoms with Crippen LogP contribution in [0, 0.1) is 5.92 Å². The summed E-state index contributed by atoms with van der Waals surface area (Å²) in [6.07, 6.45) is 1.84. The van der Waals surface area contributed by atoms with Crippen molar-refractivity contribution in [2.45, 2.75) is 24.3 Å². The molecule has 0 aromatic heterocycles. The van der Waals surface area contributed by atoms with Gasteiger partial charge in [0, 0.05) is 18.2 Å². The summed E-state index contributed by atoms with van der Waals surface area (Å²) < 4.78 is 27.3. The van der Waals surface area contributed by atoms with Crippen LogP contribution < -0.4 is 10.0 Å². The molecule has 0 unspecified atom stereocenters. The first-order valence-corrected chi connectivity index (χ1v) is 9.94. The Labute approximate surface area is 156 Å². The highest BCUT2D eigenvalue weighted by atomic mass is 35.5. The van der Waals surface area contributed by atoms with E-state index in [0.717, 1.165) is 18.4 Å². The number of benzene rings is 2. The number of amides is 1. The summed E-state index contributed by atoms with van der Waals surface area (Å²) >= 11 is 11.9. The van der Waals surface area contributed by atoms with Crippen LogP contribution >= 0.6 is 23.2 Å². The maximum atomic E-state index is 12.4. The van der Waals surface area contributed by atoms with Crippen LogP contribution in [0.1, 0.15) is 18.4 Å². The van der Waals surface area contributed by atoms with Gasteiger partial charge in [-0.1, -0.05) is 41.4 Å². The summed E-state index contributed by atoms with van der Waals surface area (Å²) in [6.45, 7) is 0.0678. The summed E-state index contributed by atoms with van der Waals surface area (Å²) in [4.78, 5) is 11.7. The van der Waals surface area contributed by atoms with Crippen LogP contribution in [0.2, 0.25) is 10.0 Å². The lowest BCUT2D eigenvalue weighted by Gasteiger charge is -2.10. The highest BCUT2D eigenvalue weighted by Crippen LogP contribution is 2.30. The van der Waals surface area contributed by atoms with Crippen molar-refractivity contribution >= 4 is 44.8 Å². The molecule has 2 aromatic carbocycles. The molecule has 0 spiro atoms. The van der Waals surface area contributed by atoms with Crippen molar-refractivity contribution in [2.24, 2.45) is 5.92 Å². The van der Waals surface area contributed by atoms with Gasteiger partial charge in [-0.3, -0.25) is 4.79 Å². The molecule has 1 aliphatic carbocycles. The molecule has 0 bridgehead atoms. The second-order valence-corrected chi connectivity index (χ2v) is 8.36. The van der Waals surface area contributed by atoms with E-state index in [2.05, 4.69) is 10.0 Å². The Balaban J connectivity index is 1.70. The lowest BCUT2D eigenvalue weighted by molar-refractivity contribution is -0.117. The van der Waals surface area contributed by atoms with E-state index in [9.17, 15) is 13.2 Å². The Morgan fingerprint density at radius 1 is 1.12 bits per heavy atom. The average molecular weight is 399 g/mol. The zero-order valence-electron chi connectivity index (χ0n) is 13.1. The molecule has 1 saturated carbocycles. The summed E-state index contributed by atoms with van der Waals surface area (Å²) in [6, 6.07) is 11.5. The molecule has 3 rings (SSSR count). The predicted molar refractivity (Wildman–Crippen MR) is 98.3 cm³/mol. The van der Waals surface area contributed by atoms with E-state index in [1.165, 1.54) is 18.2 Å². The van der Waals surface area contributed by atoms with Crippen LogP contribution in [0.3, 0.4) is 0 Å². The molecular formula is C17H16Cl2N2O3S. The molecule has 0 atom stereocenters. The Bertz CT molecular complexity index is 912. The molecule has 5 nitrogen and oxygen atoms in total. The molecule has 25 heavy (non-hydrogen) atoms. The number of carbonyl (C=O) groups is 1. The second kappa shape index (κ2) is 7.33. The highest BCUT2D eigenvalue weighted by molar-refractivity contribution is 7.89. The van der Waals surface area contributed by atoms with Gasteiger partial charge >= 0.3 is 0 Å². The van der Waals surface area contributed by atoms with E-state index in [0.29, 0.717) is 5.69 Å². The topological polar surface area (TPSA) is 75.3 Å². The van der Waals surface area contributed by atoms with E-state index in [1.807, 2.05) is 0 Å². The number of carbonyl (C=O) groups excluding carboxylic acids is 1. The lowest BCUT2D eigenvalue weighted by Crippen LogP contribution is -2.23. The summed E-state index contributed by atoms with van der Waals surface area (Å²) in [5, 5.41) is 3.00. The lowest BCUT2D eigenvalue weighted by atomic mass is 10.2. The molecule has 132 valence electrons. The van der Waals surface area contributed by atoms with Crippen molar-refractivity contribution in [1.29, 1.82) is 0 Å². The Morgan fingerprint density at radius 3 is 2.56 bits per heavy atom. The summed E-state index contributed by atoms with van der Waals surface area (Å²) in [5.41, 5.74) is 1.37. The molecule has 1 amide bonds. The Kier molecular flexibility index (Phi) is 5.34. The van der Waals surface area contributed by atoms with E-state index in [-0.39, 0.29) is 33.3 Å². The van der Waals surface area contributed by atoms with Crippen molar-refractivity contribution in [3.63, 3.8) is 0 Å². The molecule has 2 aromatic rings. The Hall–Kier alpha value is -1.60. The number of halogens is 2. The quantitative estimate of drug-likeness (QED) is 0.776. The smallest absolute Gasteiger partial charge is 0.242 e. The van der Waals surface area contributed by atoms with Gasteiger partial charge in [0.15, 0.2) is 0 Å². The monoisotopic (exact) mass is 398 g/mol. The third-order valence-electron chi connectivity index (χ3n) is 3.81. The van der Waals surface area contributed by atoms with Crippen molar-refractivity contribution in [1.82, 2.24) is 4.72 Å². The fourth-order valence-corrected chi connectivity index (χ4v) is 4.07. The van der Waals surface area contributed by atoms with Gasteiger partial charge in [-0.25, -0.2) is 13.1 Å². The van der Waals surface area contributed by atoms with Crippen molar-refractivity contribution in [3.05, 3.63) is 58.1 Å². The number of hydrogen-bond donors (Lipinski definition) is 2. The van der Waals surface area contributed by atoms with Crippen molar-refractivity contribution in [2.75, 3.05) is 5.32 Å². The largest absolute Gasteiger partial charge is 0.326 e. The minimum atomic E-state index is -3.80. The first-order valence-electron chi connectivity index (χ1n) is 7.70. The van der Waals surface area contributed by atoms with Gasteiger partial charge in [0.2, 0.25) is 15.9 Å². The highest BCUT2D eigenvalue weighted by Gasteiger charge is 2.29. The van der Waals surface area contributed by atoms with Crippen LogP contribution in [0.5, 0.6) is 0 Å². The second-order valence-electron chi connectivity index (χ2n) is 5.84. The van der Waals surface area contributed by atoms with E-state index in [1.54, 1.807) is 24.3 Å². The first kappa shape index (κ1) is 18.2. The maximum Gasteiger partial charge on any atom is 0.242 e. The number of anilines is 1. The van der Waals surface area contributed by atoms with E-state index >= 15 is 0 Å². The van der Waals surface area contributed by atoms with Gasteiger partial charge < -0.3 is 5.32 Å². The van der Waals surface area contributed by atoms with Crippen LogP contribution in [-0.4, -0.2) is 14.3 Å². The van der Waals surface area contributed by atoms with Gasteiger partial charge in [-0.2, -0.15) is 0 Å². The molecule has 0 saturated heterocycles. The number of hydrogen-bond acceptors (Lipinski definition) is 3. The molecule has 0 radical (unpaired) electrons. The van der Waals surface area contributed by atoms with Gasteiger partial charge in [0.25, 0.3) is 0 Å². The van der Waals surface area contributed by atoms with Crippen LogP contribution in [0.4, 0.5) is 5.69 Å². The fraction of sp³-hybridized carbons (Fsp3) is 0.235. The molecule has 0 aliphatic heterocycles. The van der Waals surface area contributed by atoms with Gasteiger partial charge in [0.1, 0.15) is 4.90 Å². The van der Waals surface area contributed by atoms with E-state index < -0.39 is 10.0 Å². The maximum absolute atomic E-state index is 12.4. The summed E-state index contributed by atoms with van der Waals surface area (Å²) in [5.74, 6) is 0.107. The van der Waals surface area contributed by atoms with Crippen LogP contribution in [0.25, 0.3) is 0 Å². The SMILES string of the molecule is O=C(Nc1cccc(CNS(=O)(=O)c2cccc(Cl)c2Cl)c1)C1CC1. The van der Waals surface area contributed by atoms with Gasteiger partial charge in [0.05, 0.1) is 10.0 Å². The minimum Gasteiger partial charge on any atom is -0.326 e. The van der Waals surface area contributed by atoms with Crippen molar-refractivity contribution in [3.8, 4) is 0 Å². The van der Waals surface area contributed by atoms with Crippen LogP contribution in [-0.2, 0) is 21.4 Å². The third kappa shape index (κ3) is 4.52. The predicted octanol–water partition coefficient (Wildman–Crippen LogP) is 3.82. The molecular weight excluding hydrogens is 383 g/mol. The number of sulfonamides is 1. The number of rotatable bonds is 6. The normalized spacial score (nSPS) is 14.3. The summed E-state index contributed by atoms with van der Waals surface area (Å²) in [7, 11) is -3.80. The van der Waals surface area contributed by atoms with Gasteiger partial charge in [-0.15, -0.1) is 0 Å². The van der Waals surface area contributed by atoms with E-state index in [4.69, 9.17) is 23.2 Å². The molecule has 1 fully saturated rings. The minimum absolute atomic E-state index is 0.00319. The molecule has 0 heterocycles. The van der Waals surface area contributed by atoms with Crippen LogP contribution in [0.15, 0.2) is 47.4 Å². The zero-order chi connectivity index (χ0) is 18.0. The fourth-order valence-electron chi connectivity index (χ4n) is 2.30. The molecule has 8 heteroatoms. The molecule has 1 aliphatic rings. The Morgan fingerprint density at radius 2 is 1.84 bits per heavy atom. The number of nitrogens with one attached hydrogen (secondary N) is 2. The van der Waals surface area contributed by atoms with Gasteiger partial charge in [-0.05, 0) is 42.7 Å². The zero-order valence-corrected chi connectivity index (χ0v) is 15.5. The average Bonchev–Trinajstić information content (AvgIpc) is 3.41. The molecule has 2 N–H and O–H groups in total. The first-order chi connectivity index (χ1) is 11.9.